The van der Waals surface area contributed by atoms with E-state index < -0.39 is 109 Å². The summed E-state index contributed by atoms with van der Waals surface area (Å²) in [7, 11) is 0. The number of phenols is 1. The molecule has 0 spiro atoms. The highest BCUT2D eigenvalue weighted by atomic mass is 16.4. The van der Waals surface area contributed by atoms with Crippen LogP contribution < -0.4 is 32.7 Å². The Morgan fingerprint density at radius 2 is 1.45 bits per heavy atom. The standard InChI is InChI=1S/C29H39N7O13/c30-16(7-8-23(40)41)25(44)34-18(11-21(31)38)26(45)32-13-22(39)33-17(10-14-3-5-15(37)6-4-14)27(46)35-19(12-24(42)43)28(47)36-9-1-2-20(36)29(48)49/h3-6,16-20,37H,1-2,7-13,30H2,(H2,31,38)(H,32,45)(H,33,39)(H,34,44)(H,35,46)(H,40,41)(H,42,43)(H,48,49)/t16-,17-,18-,19-,20-/m0/s1. The number of hydrogen-bond acceptors (Lipinski definition) is 11. The minimum Gasteiger partial charge on any atom is -0.508 e. The van der Waals surface area contributed by atoms with Crippen molar-refractivity contribution in [2.45, 2.75) is 75.2 Å². The Bertz CT molecular complexity index is 1440. The minimum absolute atomic E-state index is 0.0145. The fraction of sp³-hybridized carbons (Fsp3) is 0.483. The molecule has 0 radical (unpaired) electrons. The summed E-state index contributed by atoms with van der Waals surface area (Å²) in [5.74, 6) is -10.1. The number of nitrogens with two attached hydrogens (primary N) is 2. The van der Waals surface area contributed by atoms with Gasteiger partial charge in [-0.3, -0.25) is 38.4 Å². The number of benzene rings is 1. The van der Waals surface area contributed by atoms with Gasteiger partial charge < -0.3 is 58.1 Å². The third kappa shape index (κ3) is 13.1. The Labute approximate surface area is 278 Å². The zero-order valence-corrected chi connectivity index (χ0v) is 26.1. The van der Waals surface area contributed by atoms with E-state index in [0.717, 1.165) is 4.90 Å². The summed E-state index contributed by atoms with van der Waals surface area (Å²) in [6.45, 7) is -0.805. The van der Waals surface area contributed by atoms with E-state index in [4.69, 9.17) is 16.6 Å². The lowest BCUT2D eigenvalue weighted by atomic mass is 10.0. The second-order valence-corrected chi connectivity index (χ2v) is 11.2. The zero-order valence-electron chi connectivity index (χ0n) is 26.1. The normalized spacial score (nSPS) is 16.3. The molecule has 0 unspecified atom stereocenters. The maximum absolute atomic E-state index is 13.4. The van der Waals surface area contributed by atoms with E-state index in [-0.39, 0.29) is 31.6 Å². The van der Waals surface area contributed by atoms with Gasteiger partial charge in [0, 0.05) is 19.4 Å². The molecule has 20 heteroatoms. The summed E-state index contributed by atoms with van der Waals surface area (Å²) in [6, 6.07) is -1.95. The largest absolute Gasteiger partial charge is 0.508 e. The van der Waals surface area contributed by atoms with Crippen LogP contribution in [-0.4, -0.2) is 122 Å². The molecule has 49 heavy (non-hydrogen) atoms. The minimum atomic E-state index is -1.70. The van der Waals surface area contributed by atoms with Gasteiger partial charge in [0.15, 0.2) is 0 Å². The molecule has 1 heterocycles. The van der Waals surface area contributed by atoms with Crippen LogP contribution in [0, 0.1) is 0 Å². The van der Waals surface area contributed by atoms with E-state index in [1.807, 2.05) is 0 Å². The second kappa shape index (κ2) is 18.5. The fourth-order valence-corrected chi connectivity index (χ4v) is 4.85. The van der Waals surface area contributed by atoms with Crippen molar-refractivity contribution in [3.05, 3.63) is 29.8 Å². The summed E-state index contributed by atoms with van der Waals surface area (Å²) in [6.07, 6.45) is -2.14. The van der Waals surface area contributed by atoms with Gasteiger partial charge in [-0.1, -0.05) is 12.1 Å². The Morgan fingerprint density at radius 1 is 0.816 bits per heavy atom. The van der Waals surface area contributed by atoms with Gasteiger partial charge >= 0.3 is 17.9 Å². The smallest absolute Gasteiger partial charge is 0.326 e. The molecule has 0 aromatic heterocycles. The van der Waals surface area contributed by atoms with Crippen LogP contribution in [0.1, 0.15) is 44.1 Å². The topological polar surface area (TPSA) is 338 Å². The van der Waals surface area contributed by atoms with Crippen LogP contribution in [0.4, 0.5) is 0 Å². The number of carboxylic acid groups (broad SMARTS) is 3. The predicted octanol–water partition coefficient (Wildman–Crippen LogP) is -3.88. The number of rotatable bonds is 19. The number of nitrogens with zero attached hydrogens (tertiary/aromatic N) is 1. The van der Waals surface area contributed by atoms with Crippen molar-refractivity contribution in [3.8, 4) is 5.75 Å². The van der Waals surface area contributed by atoms with Gasteiger partial charge in [-0.15, -0.1) is 0 Å². The Morgan fingerprint density at radius 3 is 2.02 bits per heavy atom. The first-order chi connectivity index (χ1) is 23.0. The Balaban J connectivity index is 2.19. The number of likely N-dealkylation sites (tertiary alicyclic amines) is 1. The number of carbonyl (C=O) groups is 9. The van der Waals surface area contributed by atoms with Crippen molar-refractivity contribution in [1.29, 1.82) is 0 Å². The fourth-order valence-electron chi connectivity index (χ4n) is 4.85. The molecule has 1 fully saturated rings. The third-order valence-corrected chi connectivity index (χ3v) is 7.31. The number of nitrogens with one attached hydrogen (secondary N) is 4. The van der Waals surface area contributed by atoms with Crippen molar-refractivity contribution in [1.82, 2.24) is 26.2 Å². The summed E-state index contributed by atoms with van der Waals surface area (Å²) in [4.78, 5) is 111. The highest BCUT2D eigenvalue weighted by molar-refractivity contribution is 5.97. The SMILES string of the molecule is NC(=O)C[C@H](NC(=O)[C@@H](N)CCC(=O)O)C(=O)NCC(=O)N[C@@H](Cc1ccc(O)cc1)C(=O)N[C@@H](CC(=O)O)C(=O)N1CCC[C@H]1C(=O)O. The second-order valence-electron chi connectivity index (χ2n) is 11.2. The van der Waals surface area contributed by atoms with E-state index in [1.54, 1.807) is 0 Å². The van der Waals surface area contributed by atoms with E-state index >= 15 is 0 Å². The molecule has 1 aromatic carbocycles. The molecule has 268 valence electrons. The van der Waals surface area contributed by atoms with Crippen LogP contribution in [-0.2, 0) is 49.6 Å². The van der Waals surface area contributed by atoms with E-state index in [1.165, 1.54) is 24.3 Å². The van der Waals surface area contributed by atoms with Crippen LogP contribution in [0.25, 0.3) is 0 Å². The lowest BCUT2D eigenvalue weighted by molar-refractivity contribution is -0.150. The molecule has 2 rings (SSSR count). The van der Waals surface area contributed by atoms with Crippen molar-refractivity contribution in [2.24, 2.45) is 11.5 Å². The third-order valence-electron chi connectivity index (χ3n) is 7.31. The molecular formula is C29H39N7O13. The molecular weight excluding hydrogens is 654 g/mol. The van der Waals surface area contributed by atoms with Crippen LogP contribution in [0.2, 0.25) is 0 Å². The van der Waals surface area contributed by atoms with Gasteiger partial charge in [-0.05, 0) is 37.0 Å². The lowest BCUT2D eigenvalue weighted by Crippen LogP contribution is -2.58. The quantitative estimate of drug-likeness (QED) is 0.0663. The first-order valence-electron chi connectivity index (χ1n) is 14.9. The number of carboxylic acids is 3. The Hall–Kier alpha value is -5.79. The summed E-state index contributed by atoms with van der Waals surface area (Å²) in [5, 5.41) is 46.2. The molecule has 12 N–H and O–H groups in total. The maximum atomic E-state index is 13.4. The monoisotopic (exact) mass is 693 g/mol. The summed E-state index contributed by atoms with van der Waals surface area (Å²) < 4.78 is 0. The zero-order chi connectivity index (χ0) is 36.8. The first-order valence-corrected chi connectivity index (χ1v) is 14.9. The molecule has 1 saturated heterocycles. The van der Waals surface area contributed by atoms with Crippen LogP contribution in [0.3, 0.4) is 0 Å². The first kappa shape index (κ1) is 39.4. The van der Waals surface area contributed by atoms with E-state index in [2.05, 4.69) is 21.3 Å². The molecule has 1 aromatic rings. The van der Waals surface area contributed by atoms with Gasteiger partial charge in [0.05, 0.1) is 25.4 Å². The van der Waals surface area contributed by atoms with Crippen molar-refractivity contribution in [2.75, 3.05) is 13.1 Å². The molecule has 0 aliphatic carbocycles. The number of hydrogen-bond donors (Lipinski definition) is 10. The molecule has 0 saturated carbocycles. The van der Waals surface area contributed by atoms with Crippen molar-refractivity contribution < 1.29 is 63.6 Å². The molecule has 5 atom stereocenters. The average molecular weight is 694 g/mol. The highest BCUT2D eigenvalue weighted by Gasteiger charge is 2.39. The number of amides is 6. The molecule has 1 aliphatic heterocycles. The highest BCUT2D eigenvalue weighted by Crippen LogP contribution is 2.19. The summed E-state index contributed by atoms with van der Waals surface area (Å²) >= 11 is 0. The van der Waals surface area contributed by atoms with Crippen LogP contribution >= 0.6 is 0 Å². The molecule has 6 amide bonds. The van der Waals surface area contributed by atoms with Crippen molar-refractivity contribution >= 4 is 53.4 Å². The number of aliphatic carboxylic acids is 3. The number of carbonyl (C=O) groups excluding carboxylic acids is 6. The lowest BCUT2D eigenvalue weighted by Gasteiger charge is -2.28. The van der Waals surface area contributed by atoms with Gasteiger partial charge in [-0.25, -0.2) is 4.79 Å². The molecule has 20 nitrogen and oxygen atoms in total. The van der Waals surface area contributed by atoms with Gasteiger partial charge in [0.1, 0.15) is 29.9 Å². The number of aromatic hydroxyl groups is 1. The molecule has 0 bridgehead atoms. The van der Waals surface area contributed by atoms with Gasteiger partial charge in [0.25, 0.3) is 0 Å². The van der Waals surface area contributed by atoms with E-state index in [0.29, 0.717) is 12.0 Å². The summed E-state index contributed by atoms with van der Waals surface area (Å²) in [5.41, 5.74) is 11.2. The Kier molecular flexibility index (Phi) is 14.9. The average Bonchev–Trinajstić information content (AvgIpc) is 3.52. The molecule has 1 aliphatic rings. The number of phenolic OH excluding ortho intramolecular Hbond substituents is 1. The van der Waals surface area contributed by atoms with E-state index in [9.17, 15) is 58.5 Å². The van der Waals surface area contributed by atoms with Crippen LogP contribution in [0.15, 0.2) is 24.3 Å². The van der Waals surface area contributed by atoms with Crippen molar-refractivity contribution in [3.63, 3.8) is 0 Å². The van der Waals surface area contributed by atoms with Crippen LogP contribution in [0.5, 0.6) is 5.75 Å². The maximum Gasteiger partial charge on any atom is 0.326 e. The van der Waals surface area contributed by atoms with Gasteiger partial charge in [-0.2, -0.15) is 0 Å². The predicted molar refractivity (Wildman–Crippen MR) is 164 cm³/mol. The number of primary amides is 1. The van der Waals surface area contributed by atoms with Gasteiger partial charge in [0.2, 0.25) is 35.4 Å².